The molecule has 1 aromatic rings. The molecule has 2 aliphatic rings. The molecule has 2 aliphatic heterocycles. The molecule has 5 nitrogen and oxygen atoms in total. The molecular weight excluding hydrogens is 318 g/mol. The molecule has 1 N–H and O–H groups in total. The fourth-order valence-corrected chi connectivity index (χ4v) is 3.31. The van der Waals surface area contributed by atoms with Crippen LogP contribution in [0, 0.1) is 11.6 Å². The van der Waals surface area contributed by atoms with Crippen molar-refractivity contribution in [3.05, 3.63) is 35.4 Å². The molecule has 0 bridgehead atoms. The lowest BCUT2D eigenvalue weighted by molar-refractivity contribution is -0.141. The summed E-state index contributed by atoms with van der Waals surface area (Å²) in [6.07, 6.45) is 0.278. The van der Waals surface area contributed by atoms with Gasteiger partial charge < -0.3 is 19.7 Å². The van der Waals surface area contributed by atoms with Gasteiger partial charge in [-0.15, -0.1) is 0 Å². The van der Waals surface area contributed by atoms with E-state index in [1.165, 1.54) is 12.1 Å². The minimum absolute atomic E-state index is 0.271. The van der Waals surface area contributed by atoms with Gasteiger partial charge in [0.1, 0.15) is 17.7 Å². The molecule has 1 amide bonds. The number of likely N-dealkylation sites (N-methyl/N-ethyl adjacent to an activating group) is 1. The Morgan fingerprint density at radius 2 is 2.04 bits per heavy atom. The van der Waals surface area contributed by atoms with Crippen LogP contribution in [0.1, 0.15) is 18.4 Å². The summed E-state index contributed by atoms with van der Waals surface area (Å²) in [7, 11) is 1.92. The van der Waals surface area contributed by atoms with E-state index in [9.17, 15) is 13.6 Å². The Morgan fingerprint density at radius 3 is 2.71 bits per heavy atom. The molecule has 0 aromatic heterocycles. The summed E-state index contributed by atoms with van der Waals surface area (Å²) < 4.78 is 38.5. The summed E-state index contributed by atoms with van der Waals surface area (Å²) in [6.45, 7) is 2.56. The fourth-order valence-electron chi connectivity index (χ4n) is 3.31. The standard InChI is InChI=1S/C17H22F2N2O3/c1-21-6-9-24-15(11-21)16(22)20-17(4-7-23-8-5-17)13-3-2-12(18)10-14(13)19/h2-3,10,15H,4-9,11H2,1H3,(H,20,22). The number of carbonyl (C=O) groups is 1. The smallest absolute Gasteiger partial charge is 0.251 e. The van der Waals surface area contributed by atoms with Crippen LogP contribution in [0.3, 0.4) is 0 Å². The Morgan fingerprint density at radius 1 is 1.29 bits per heavy atom. The van der Waals surface area contributed by atoms with Gasteiger partial charge in [0, 0.05) is 37.9 Å². The van der Waals surface area contributed by atoms with Crippen LogP contribution in [-0.4, -0.2) is 56.9 Å². The maximum atomic E-state index is 14.4. The van der Waals surface area contributed by atoms with E-state index in [0.29, 0.717) is 44.8 Å². The molecule has 24 heavy (non-hydrogen) atoms. The summed E-state index contributed by atoms with van der Waals surface area (Å²) in [5.74, 6) is -1.56. The van der Waals surface area contributed by atoms with Gasteiger partial charge in [0.15, 0.2) is 0 Å². The Balaban J connectivity index is 1.84. The van der Waals surface area contributed by atoms with Crippen molar-refractivity contribution in [2.24, 2.45) is 0 Å². The van der Waals surface area contributed by atoms with Gasteiger partial charge in [-0.05, 0) is 26.0 Å². The van der Waals surface area contributed by atoms with E-state index in [1.54, 1.807) is 0 Å². The zero-order chi connectivity index (χ0) is 17.2. The minimum Gasteiger partial charge on any atom is -0.381 e. The van der Waals surface area contributed by atoms with Crippen molar-refractivity contribution in [2.45, 2.75) is 24.5 Å². The number of nitrogens with zero attached hydrogens (tertiary/aromatic N) is 1. The van der Waals surface area contributed by atoms with Gasteiger partial charge in [-0.25, -0.2) is 8.78 Å². The van der Waals surface area contributed by atoms with E-state index in [-0.39, 0.29) is 5.91 Å². The average molecular weight is 340 g/mol. The van der Waals surface area contributed by atoms with E-state index in [0.717, 1.165) is 12.6 Å². The fraction of sp³-hybridized carbons (Fsp3) is 0.588. The highest BCUT2D eigenvalue weighted by atomic mass is 19.1. The SMILES string of the molecule is CN1CCOC(C(=O)NC2(c3ccc(F)cc3F)CCOCC2)C1. The molecule has 2 heterocycles. The number of nitrogens with one attached hydrogen (secondary N) is 1. The van der Waals surface area contributed by atoms with Crippen LogP contribution in [0.2, 0.25) is 0 Å². The van der Waals surface area contributed by atoms with Gasteiger partial charge in [-0.3, -0.25) is 4.79 Å². The largest absolute Gasteiger partial charge is 0.381 e. The zero-order valence-electron chi connectivity index (χ0n) is 13.7. The summed E-state index contributed by atoms with van der Waals surface area (Å²) in [4.78, 5) is 14.7. The van der Waals surface area contributed by atoms with Crippen LogP contribution in [0.4, 0.5) is 8.78 Å². The van der Waals surface area contributed by atoms with Crippen LogP contribution in [0.15, 0.2) is 18.2 Å². The second-order valence-electron chi connectivity index (χ2n) is 6.43. The van der Waals surface area contributed by atoms with Crippen LogP contribution >= 0.6 is 0 Å². The van der Waals surface area contributed by atoms with Gasteiger partial charge >= 0.3 is 0 Å². The zero-order valence-corrected chi connectivity index (χ0v) is 13.7. The average Bonchev–Trinajstić information content (AvgIpc) is 2.55. The molecule has 0 radical (unpaired) electrons. The van der Waals surface area contributed by atoms with Crippen LogP contribution in [0.25, 0.3) is 0 Å². The van der Waals surface area contributed by atoms with E-state index < -0.39 is 23.3 Å². The Hall–Kier alpha value is -1.57. The molecule has 1 unspecified atom stereocenters. The lowest BCUT2D eigenvalue weighted by Crippen LogP contribution is -2.56. The summed E-state index contributed by atoms with van der Waals surface area (Å²) in [5.41, 5.74) is -0.600. The first-order chi connectivity index (χ1) is 11.5. The first-order valence-corrected chi connectivity index (χ1v) is 8.16. The highest BCUT2D eigenvalue weighted by molar-refractivity contribution is 5.82. The number of amides is 1. The molecule has 1 aromatic carbocycles. The van der Waals surface area contributed by atoms with Crippen LogP contribution in [-0.2, 0) is 19.8 Å². The Kier molecular flexibility index (Phi) is 5.12. The minimum atomic E-state index is -0.896. The van der Waals surface area contributed by atoms with E-state index in [2.05, 4.69) is 5.32 Å². The van der Waals surface area contributed by atoms with Crippen LogP contribution in [0.5, 0.6) is 0 Å². The first kappa shape index (κ1) is 17.3. The first-order valence-electron chi connectivity index (χ1n) is 8.16. The number of hydrogen-bond donors (Lipinski definition) is 1. The van der Waals surface area contributed by atoms with E-state index in [1.807, 2.05) is 11.9 Å². The number of halogens is 2. The Bertz CT molecular complexity index is 605. The number of benzene rings is 1. The maximum Gasteiger partial charge on any atom is 0.251 e. The van der Waals surface area contributed by atoms with Gasteiger partial charge in [0.25, 0.3) is 5.91 Å². The predicted molar refractivity (Wildman–Crippen MR) is 83.5 cm³/mol. The summed E-state index contributed by atoms with van der Waals surface area (Å²) in [5, 5.41) is 2.97. The topological polar surface area (TPSA) is 50.8 Å². The third-order valence-electron chi connectivity index (χ3n) is 4.72. The van der Waals surface area contributed by atoms with Gasteiger partial charge in [0.2, 0.25) is 0 Å². The number of rotatable bonds is 3. The highest BCUT2D eigenvalue weighted by Gasteiger charge is 2.40. The number of morpholine rings is 1. The second kappa shape index (κ2) is 7.13. The number of carbonyl (C=O) groups excluding carboxylic acids is 1. The molecule has 0 saturated carbocycles. The lowest BCUT2D eigenvalue weighted by atomic mass is 9.82. The predicted octanol–water partition coefficient (Wildman–Crippen LogP) is 1.42. The molecule has 2 saturated heterocycles. The van der Waals surface area contributed by atoms with Crippen molar-refractivity contribution in [3.63, 3.8) is 0 Å². The van der Waals surface area contributed by atoms with Crippen molar-refractivity contribution < 1.29 is 23.0 Å². The Labute approximate surface area is 139 Å². The van der Waals surface area contributed by atoms with Gasteiger partial charge in [-0.2, -0.15) is 0 Å². The maximum absolute atomic E-state index is 14.4. The molecule has 2 fully saturated rings. The monoisotopic (exact) mass is 340 g/mol. The van der Waals surface area contributed by atoms with Gasteiger partial charge in [-0.1, -0.05) is 6.07 Å². The number of ether oxygens (including phenoxy) is 2. The molecule has 0 spiro atoms. The molecule has 132 valence electrons. The van der Waals surface area contributed by atoms with E-state index >= 15 is 0 Å². The van der Waals surface area contributed by atoms with Gasteiger partial charge in [0.05, 0.1) is 12.1 Å². The number of hydrogen-bond acceptors (Lipinski definition) is 4. The van der Waals surface area contributed by atoms with Crippen molar-refractivity contribution in [2.75, 3.05) is 40.0 Å². The lowest BCUT2D eigenvalue weighted by Gasteiger charge is -2.40. The van der Waals surface area contributed by atoms with Crippen molar-refractivity contribution in [1.29, 1.82) is 0 Å². The summed E-state index contributed by atoms with van der Waals surface area (Å²) >= 11 is 0. The van der Waals surface area contributed by atoms with E-state index in [4.69, 9.17) is 9.47 Å². The molecule has 7 heteroatoms. The molecular formula is C17H22F2N2O3. The van der Waals surface area contributed by atoms with Crippen molar-refractivity contribution >= 4 is 5.91 Å². The second-order valence-corrected chi connectivity index (χ2v) is 6.43. The quantitative estimate of drug-likeness (QED) is 0.904. The van der Waals surface area contributed by atoms with Crippen molar-refractivity contribution in [3.8, 4) is 0 Å². The normalized spacial score (nSPS) is 24.5. The third-order valence-corrected chi connectivity index (χ3v) is 4.72. The molecule has 1 atom stereocenters. The highest BCUT2D eigenvalue weighted by Crippen LogP contribution is 2.34. The van der Waals surface area contributed by atoms with Crippen LogP contribution < -0.4 is 5.32 Å². The molecule has 0 aliphatic carbocycles. The van der Waals surface area contributed by atoms with Crippen molar-refractivity contribution in [1.82, 2.24) is 10.2 Å². The summed E-state index contributed by atoms with van der Waals surface area (Å²) in [6, 6.07) is 3.47. The third kappa shape index (κ3) is 3.58. The molecule has 3 rings (SSSR count).